The zero-order valence-corrected chi connectivity index (χ0v) is 13.8. The lowest BCUT2D eigenvalue weighted by Crippen LogP contribution is -2.36. The molecular weight excluding hydrogens is 294 g/mol. The van der Waals surface area contributed by atoms with Crippen molar-refractivity contribution < 1.29 is 4.79 Å². The van der Waals surface area contributed by atoms with Gasteiger partial charge in [-0.15, -0.1) is 11.3 Å². The van der Waals surface area contributed by atoms with Crippen LogP contribution in [-0.4, -0.2) is 34.9 Å². The largest absolute Gasteiger partial charge is 0.347 e. The standard InChI is InChI=1S/C17H21N3OS/c1-12-16(22-13(2)18-12)17(21)19-15-8-9-20(11-15)10-14-6-4-3-5-7-14/h3-7,15H,8-11H2,1-2H3,(H,19,21). The van der Waals surface area contributed by atoms with Crippen molar-refractivity contribution in [2.24, 2.45) is 0 Å². The highest BCUT2D eigenvalue weighted by molar-refractivity contribution is 7.13. The Hall–Kier alpha value is -1.72. The van der Waals surface area contributed by atoms with Crippen molar-refractivity contribution in [3.05, 3.63) is 51.5 Å². The third-order valence-electron chi connectivity index (χ3n) is 3.97. The van der Waals surface area contributed by atoms with E-state index in [0.29, 0.717) is 0 Å². The molecule has 0 saturated carbocycles. The minimum atomic E-state index is 0.0228. The molecule has 1 saturated heterocycles. The Kier molecular flexibility index (Phi) is 4.55. The summed E-state index contributed by atoms with van der Waals surface area (Å²) in [6.07, 6.45) is 1.01. The Morgan fingerprint density at radius 1 is 1.36 bits per heavy atom. The summed E-state index contributed by atoms with van der Waals surface area (Å²) in [4.78, 5) is 19.8. The molecule has 2 heterocycles. The van der Waals surface area contributed by atoms with Crippen molar-refractivity contribution in [2.45, 2.75) is 32.9 Å². The third kappa shape index (κ3) is 3.54. The summed E-state index contributed by atoms with van der Waals surface area (Å²) in [5.41, 5.74) is 2.16. The van der Waals surface area contributed by atoms with Crippen molar-refractivity contribution in [3.8, 4) is 0 Å². The van der Waals surface area contributed by atoms with E-state index in [1.165, 1.54) is 16.9 Å². The second kappa shape index (κ2) is 6.58. The van der Waals surface area contributed by atoms with Crippen molar-refractivity contribution in [1.82, 2.24) is 15.2 Å². The van der Waals surface area contributed by atoms with E-state index in [9.17, 15) is 4.79 Å². The zero-order valence-electron chi connectivity index (χ0n) is 13.0. The Morgan fingerprint density at radius 3 is 2.82 bits per heavy atom. The maximum absolute atomic E-state index is 12.3. The fraction of sp³-hybridized carbons (Fsp3) is 0.412. The normalized spacial score (nSPS) is 18.5. The molecule has 1 unspecified atom stereocenters. The van der Waals surface area contributed by atoms with Gasteiger partial charge in [0, 0.05) is 25.7 Å². The van der Waals surface area contributed by atoms with Gasteiger partial charge in [-0.1, -0.05) is 30.3 Å². The monoisotopic (exact) mass is 315 g/mol. The SMILES string of the molecule is Cc1nc(C)c(C(=O)NC2CCN(Cc3ccccc3)C2)s1. The molecule has 5 heteroatoms. The first-order valence-corrected chi connectivity index (χ1v) is 8.44. The summed E-state index contributed by atoms with van der Waals surface area (Å²) in [6, 6.07) is 10.7. The molecule has 0 radical (unpaired) electrons. The molecule has 1 aromatic heterocycles. The van der Waals surface area contributed by atoms with Crippen LogP contribution in [0.15, 0.2) is 30.3 Å². The highest BCUT2D eigenvalue weighted by Crippen LogP contribution is 2.19. The Bertz CT molecular complexity index is 653. The van der Waals surface area contributed by atoms with Gasteiger partial charge in [-0.2, -0.15) is 0 Å². The van der Waals surface area contributed by atoms with Gasteiger partial charge in [0.1, 0.15) is 4.88 Å². The highest BCUT2D eigenvalue weighted by Gasteiger charge is 2.25. The lowest BCUT2D eigenvalue weighted by atomic mass is 10.2. The minimum Gasteiger partial charge on any atom is -0.347 e. The number of hydrogen-bond acceptors (Lipinski definition) is 4. The van der Waals surface area contributed by atoms with Crippen molar-refractivity contribution >= 4 is 17.2 Å². The van der Waals surface area contributed by atoms with E-state index in [1.807, 2.05) is 19.9 Å². The topological polar surface area (TPSA) is 45.2 Å². The number of carbonyl (C=O) groups is 1. The molecular formula is C17H21N3OS. The van der Waals surface area contributed by atoms with E-state index in [2.05, 4.69) is 39.5 Å². The lowest BCUT2D eigenvalue weighted by Gasteiger charge is -2.16. The van der Waals surface area contributed by atoms with Gasteiger partial charge in [-0.25, -0.2) is 4.98 Å². The zero-order chi connectivity index (χ0) is 15.5. The molecule has 22 heavy (non-hydrogen) atoms. The molecule has 0 spiro atoms. The van der Waals surface area contributed by atoms with Crippen LogP contribution >= 0.6 is 11.3 Å². The predicted octanol–water partition coefficient (Wildman–Crippen LogP) is 2.76. The highest BCUT2D eigenvalue weighted by atomic mass is 32.1. The van der Waals surface area contributed by atoms with Crippen molar-refractivity contribution in [2.75, 3.05) is 13.1 Å². The number of amides is 1. The fourth-order valence-corrected chi connectivity index (χ4v) is 3.75. The van der Waals surface area contributed by atoms with E-state index in [4.69, 9.17) is 0 Å². The number of thiazole rings is 1. The van der Waals surface area contributed by atoms with Crippen molar-refractivity contribution in [3.63, 3.8) is 0 Å². The summed E-state index contributed by atoms with van der Waals surface area (Å²) < 4.78 is 0. The van der Waals surface area contributed by atoms with E-state index >= 15 is 0 Å². The molecule has 0 bridgehead atoms. The van der Waals surface area contributed by atoms with Crippen LogP contribution in [0.2, 0.25) is 0 Å². The smallest absolute Gasteiger partial charge is 0.263 e. The van der Waals surface area contributed by atoms with E-state index in [1.54, 1.807) is 0 Å². The van der Waals surface area contributed by atoms with E-state index in [0.717, 1.165) is 41.6 Å². The number of hydrogen-bond donors (Lipinski definition) is 1. The summed E-state index contributed by atoms with van der Waals surface area (Å²) in [5, 5.41) is 4.10. The molecule has 1 aliphatic rings. The van der Waals surface area contributed by atoms with Gasteiger partial charge in [0.2, 0.25) is 0 Å². The Labute approximate surface area is 135 Å². The molecule has 3 rings (SSSR count). The van der Waals surface area contributed by atoms with Crippen LogP contribution in [-0.2, 0) is 6.54 Å². The van der Waals surface area contributed by atoms with Crippen LogP contribution in [0.5, 0.6) is 0 Å². The average molecular weight is 315 g/mol. The molecule has 1 N–H and O–H groups in total. The van der Waals surface area contributed by atoms with Gasteiger partial charge < -0.3 is 5.32 Å². The van der Waals surface area contributed by atoms with E-state index in [-0.39, 0.29) is 11.9 Å². The van der Waals surface area contributed by atoms with Crippen LogP contribution in [0.4, 0.5) is 0 Å². The summed E-state index contributed by atoms with van der Waals surface area (Å²) in [5.74, 6) is 0.0228. The van der Waals surface area contributed by atoms with Gasteiger partial charge in [0.05, 0.1) is 10.7 Å². The fourth-order valence-electron chi connectivity index (χ4n) is 2.93. The molecule has 0 aliphatic carbocycles. The average Bonchev–Trinajstić information content (AvgIpc) is 3.06. The third-order valence-corrected chi connectivity index (χ3v) is 5.04. The van der Waals surface area contributed by atoms with Crippen LogP contribution in [0.25, 0.3) is 0 Å². The molecule has 1 aliphatic heterocycles. The molecule has 1 aromatic carbocycles. The van der Waals surface area contributed by atoms with Crippen LogP contribution in [0.3, 0.4) is 0 Å². The number of nitrogens with one attached hydrogen (secondary N) is 1. The first-order valence-electron chi connectivity index (χ1n) is 7.63. The lowest BCUT2D eigenvalue weighted by molar-refractivity contribution is 0.0941. The number of aryl methyl sites for hydroxylation is 2. The number of rotatable bonds is 4. The second-order valence-corrected chi connectivity index (χ2v) is 7.03. The van der Waals surface area contributed by atoms with Gasteiger partial charge in [-0.05, 0) is 25.8 Å². The minimum absolute atomic E-state index is 0.0228. The second-order valence-electron chi connectivity index (χ2n) is 5.83. The first kappa shape index (κ1) is 15.2. The Balaban J connectivity index is 1.55. The quantitative estimate of drug-likeness (QED) is 0.943. The number of benzene rings is 1. The molecule has 1 fully saturated rings. The number of aromatic nitrogens is 1. The Morgan fingerprint density at radius 2 is 2.14 bits per heavy atom. The van der Waals surface area contributed by atoms with Crippen LogP contribution in [0, 0.1) is 13.8 Å². The first-order chi connectivity index (χ1) is 10.6. The maximum Gasteiger partial charge on any atom is 0.263 e. The van der Waals surface area contributed by atoms with Gasteiger partial charge >= 0.3 is 0 Å². The molecule has 116 valence electrons. The molecule has 4 nitrogen and oxygen atoms in total. The molecule has 1 atom stereocenters. The van der Waals surface area contributed by atoms with Crippen molar-refractivity contribution in [1.29, 1.82) is 0 Å². The molecule has 1 amide bonds. The summed E-state index contributed by atoms with van der Waals surface area (Å²) in [7, 11) is 0. The predicted molar refractivity (Wildman–Crippen MR) is 89.2 cm³/mol. The summed E-state index contributed by atoms with van der Waals surface area (Å²) in [6.45, 7) is 6.73. The van der Waals surface area contributed by atoms with Gasteiger partial charge in [0.15, 0.2) is 0 Å². The number of carbonyl (C=O) groups excluding carboxylic acids is 1. The van der Waals surface area contributed by atoms with E-state index < -0.39 is 0 Å². The van der Waals surface area contributed by atoms with Crippen LogP contribution < -0.4 is 5.32 Å². The van der Waals surface area contributed by atoms with Gasteiger partial charge in [0.25, 0.3) is 5.91 Å². The summed E-state index contributed by atoms with van der Waals surface area (Å²) >= 11 is 1.47. The number of likely N-dealkylation sites (tertiary alicyclic amines) is 1. The molecule has 2 aromatic rings. The number of nitrogens with zero attached hydrogens (tertiary/aromatic N) is 2. The van der Waals surface area contributed by atoms with Crippen LogP contribution in [0.1, 0.15) is 32.4 Å². The van der Waals surface area contributed by atoms with Gasteiger partial charge in [-0.3, -0.25) is 9.69 Å². The maximum atomic E-state index is 12.3.